The average Bonchev–Trinajstić information content (AvgIpc) is 2.79. The van der Waals surface area contributed by atoms with Gasteiger partial charge in [-0.15, -0.1) is 0 Å². The van der Waals surface area contributed by atoms with Gasteiger partial charge in [0.1, 0.15) is 11.7 Å². The van der Waals surface area contributed by atoms with E-state index in [9.17, 15) is 14.7 Å². The summed E-state index contributed by atoms with van der Waals surface area (Å²) in [5.41, 5.74) is 0.544. The lowest BCUT2D eigenvalue weighted by Crippen LogP contribution is -2.48. The van der Waals surface area contributed by atoms with Crippen LogP contribution in [0.15, 0.2) is 72.8 Å². The molecule has 0 bridgehead atoms. The van der Waals surface area contributed by atoms with E-state index >= 15 is 0 Å². The van der Waals surface area contributed by atoms with Crippen LogP contribution in [0.25, 0.3) is 0 Å². The number of aliphatic hydroxyl groups is 1. The zero-order chi connectivity index (χ0) is 23.0. The third kappa shape index (κ3) is 6.44. The second-order valence-electron chi connectivity index (χ2n) is 8.45. The molecule has 0 aromatic heterocycles. The molecule has 1 aliphatic carbocycles. The molecule has 2 atom stereocenters. The van der Waals surface area contributed by atoms with Crippen LogP contribution in [0.2, 0.25) is 0 Å². The van der Waals surface area contributed by atoms with Crippen LogP contribution in [0, 0.1) is 0 Å². The number of carbonyl (C=O) groups excluding carboxylic acids is 2. The number of carbonyl (C=O) groups is 2. The van der Waals surface area contributed by atoms with Gasteiger partial charge < -0.3 is 19.6 Å². The summed E-state index contributed by atoms with van der Waals surface area (Å²) < 4.78 is 5.65. The minimum atomic E-state index is -1.48. The minimum absolute atomic E-state index is 0.232. The van der Waals surface area contributed by atoms with Gasteiger partial charge in [0.25, 0.3) is 5.91 Å². The van der Waals surface area contributed by atoms with Gasteiger partial charge >= 0.3 is 6.09 Å². The quantitative estimate of drug-likeness (QED) is 0.691. The van der Waals surface area contributed by atoms with E-state index in [0.29, 0.717) is 32.4 Å². The Labute approximate surface area is 190 Å². The second-order valence-corrected chi connectivity index (χ2v) is 8.45. The number of benzene rings is 2. The maximum atomic E-state index is 13.1. The predicted molar refractivity (Wildman–Crippen MR) is 124 cm³/mol. The summed E-state index contributed by atoms with van der Waals surface area (Å²) in [5.74, 6) is -0.303. The first-order chi connectivity index (χ1) is 15.4. The van der Waals surface area contributed by atoms with Crippen molar-refractivity contribution in [3.63, 3.8) is 0 Å². The van der Waals surface area contributed by atoms with Crippen molar-refractivity contribution in [3.8, 4) is 0 Å². The normalized spacial score (nSPS) is 21.7. The van der Waals surface area contributed by atoms with Crippen molar-refractivity contribution in [2.75, 3.05) is 14.1 Å². The van der Waals surface area contributed by atoms with Crippen molar-refractivity contribution in [2.24, 2.45) is 0 Å². The molecule has 2 aromatic carbocycles. The highest BCUT2D eigenvalue weighted by atomic mass is 16.6. The topological polar surface area (TPSA) is 70.1 Å². The Morgan fingerprint density at radius 3 is 2.09 bits per heavy atom. The first-order valence-corrected chi connectivity index (χ1v) is 11.0. The zero-order valence-corrected chi connectivity index (χ0v) is 18.8. The van der Waals surface area contributed by atoms with E-state index in [4.69, 9.17) is 4.74 Å². The lowest BCUT2D eigenvalue weighted by Gasteiger charge is -2.33. The van der Waals surface area contributed by atoms with Gasteiger partial charge in [-0.1, -0.05) is 66.7 Å². The summed E-state index contributed by atoms with van der Waals surface area (Å²) in [6.45, 7) is 0.878. The fourth-order valence-electron chi connectivity index (χ4n) is 3.91. The maximum Gasteiger partial charge on any atom is 0.410 e. The van der Waals surface area contributed by atoms with Crippen LogP contribution in [0.1, 0.15) is 36.8 Å². The molecule has 0 heterocycles. The van der Waals surface area contributed by atoms with Gasteiger partial charge in [0.2, 0.25) is 0 Å². The standard InChI is InChI=1S/C26H32N2O4/c1-27(19-21-11-5-3-6-12-21)24(29)26(31)17-10-9-15-23(16-18-26)32-25(30)28(2)20-22-13-7-4-8-14-22/h3-9,11-15,23,31H,10,16-20H2,1-2H3/b15-9+/t23-,26-/m1/s1. The fraction of sp³-hybridized carbons (Fsp3) is 0.385. The van der Waals surface area contributed by atoms with Crippen molar-refractivity contribution < 1.29 is 19.4 Å². The number of hydrogen-bond donors (Lipinski definition) is 1. The van der Waals surface area contributed by atoms with Gasteiger partial charge in [0.05, 0.1) is 0 Å². The summed E-state index contributed by atoms with van der Waals surface area (Å²) in [5, 5.41) is 11.2. The Hall–Kier alpha value is -3.12. The molecule has 2 amide bonds. The van der Waals surface area contributed by atoms with Gasteiger partial charge in [-0.25, -0.2) is 4.79 Å². The molecule has 2 aromatic rings. The lowest BCUT2D eigenvalue weighted by atomic mass is 9.87. The van der Waals surface area contributed by atoms with Gasteiger partial charge in [-0.3, -0.25) is 4.79 Å². The highest BCUT2D eigenvalue weighted by Gasteiger charge is 2.38. The Morgan fingerprint density at radius 1 is 0.938 bits per heavy atom. The number of hydrogen-bond acceptors (Lipinski definition) is 4. The fourth-order valence-corrected chi connectivity index (χ4v) is 3.91. The molecule has 3 rings (SSSR count). The predicted octanol–water partition coefficient (Wildman–Crippen LogP) is 4.14. The van der Waals surface area contributed by atoms with E-state index in [0.717, 1.165) is 11.1 Å². The van der Waals surface area contributed by atoms with Crippen molar-refractivity contribution in [3.05, 3.63) is 83.9 Å². The molecule has 6 heteroatoms. The molecule has 0 fully saturated rings. The van der Waals surface area contributed by atoms with E-state index in [1.165, 1.54) is 4.90 Å². The third-order valence-electron chi connectivity index (χ3n) is 5.75. The molecular weight excluding hydrogens is 404 g/mol. The number of nitrogens with zero attached hydrogens (tertiary/aromatic N) is 2. The SMILES string of the molecule is CN(Cc1ccccc1)C(=O)O[C@@H]1/C=C/CC[C@](O)(C(=O)N(C)Cc2ccccc2)CC1. The van der Waals surface area contributed by atoms with Gasteiger partial charge in [0.15, 0.2) is 0 Å². The van der Waals surface area contributed by atoms with Crippen LogP contribution in [-0.2, 0) is 22.6 Å². The molecule has 0 spiro atoms. The lowest BCUT2D eigenvalue weighted by molar-refractivity contribution is -0.152. The second kappa shape index (κ2) is 11.0. The number of amides is 2. The molecule has 0 saturated heterocycles. The summed E-state index contributed by atoms with van der Waals surface area (Å²) in [7, 11) is 3.40. The smallest absolute Gasteiger partial charge is 0.410 e. The summed E-state index contributed by atoms with van der Waals surface area (Å²) in [6.07, 6.45) is 4.31. The van der Waals surface area contributed by atoms with Gasteiger partial charge in [-0.2, -0.15) is 0 Å². The van der Waals surface area contributed by atoms with Crippen LogP contribution in [-0.4, -0.2) is 52.7 Å². The van der Waals surface area contributed by atoms with Crippen molar-refractivity contribution >= 4 is 12.0 Å². The highest BCUT2D eigenvalue weighted by molar-refractivity contribution is 5.84. The molecule has 0 aliphatic heterocycles. The summed E-state index contributed by atoms with van der Waals surface area (Å²) >= 11 is 0. The Morgan fingerprint density at radius 2 is 1.50 bits per heavy atom. The molecular formula is C26H32N2O4. The van der Waals surface area contributed by atoms with E-state index in [2.05, 4.69) is 0 Å². The first-order valence-electron chi connectivity index (χ1n) is 11.0. The average molecular weight is 437 g/mol. The number of ether oxygens (including phenoxy) is 1. The summed E-state index contributed by atoms with van der Waals surface area (Å²) in [4.78, 5) is 28.7. The van der Waals surface area contributed by atoms with E-state index in [1.54, 1.807) is 19.0 Å². The molecule has 1 N–H and O–H groups in total. The van der Waals surface area contributed by atoms with Crippen molar-refractivity contribution in [2.45, 2.75) is 50.5 Å². The highest BCUT2D eigenvalue weighted by Crippen LogP contribution is 2.27. The van der Waals surface area contributed by atoms with Crippen LogP contribution < -0.4 is 0 Å². The molecule has 32 heavy (non-hydrogen) atoms. The minimum Gasteiger partial charge on any atom is -0.442 e. The molecule has 0 radical (unpaired) electrons. The zero-order valence-electron chi connectivity index (χ0n) is 18.8. The molecule has 170 valence electrons. The number of allylic oxidation sites excluding steroid dienone is 1. The van der Waals surface area contributed by atoms with Crippen LogP contribution in [0.5, 0.6) is 0 Å². The van der Waals surface area contributed by atoms with Crippen LogP contribution >= 0.6 is 0 Å². The monoisotopic (exact) mass is 436 g/mol. The third-order valence-corrected chi connectivity index (χ3v) is 5.75. The maximum absolute atomic E-state index is 13.1. The first kappa shape index (κ1) is 23.5. The number of likely N-dealkylation sites (N-methyl/N-ethyl adjacent to an activating group) is 1. The van der Waals surface area contributed by atoms with Gasteiger partial charge in [0, 0.05) is 27.2 Å². The van der Waals surface area contributed by atoms with Crippen LogP contribution in [0.4, 0.5) is 4.79 Å². The van der Waals surface area contributed by atoms with Crippen molar-refractivity contribution in [1.29, 1.82) is 0 Å². The summed E-state index contributed by atoms with van der Waals surface area (Å²) in [6, 6.07) is 19.4. The molecule has 6 nitrogen and oxygen atoms in total. The van der Waals surface area contributed by atoms with Crippen LogP contribution in [0.3, 0.4) is 0 Å². The molecule has 0 unspecified atom stereocenters. The Kier molecular flexibility index (Phi) is 8.06. The Balaban J connectivity index is 1.57. The van der Waals surface area contributed by atoms with Gasteiger partial charge in [-0.05, 0) is 42.9 Å². The van der Waals surface area contributed by atoms with Crippen molar-refractivity contribution in [1.82, 2.24) is 9.80 Å². The number of rotatable bonds is 6. The van der Waals surface area contributed by atoms with E-state index in [-0.39, 0.29) is 12.3 Å². The molecule has 1 aliphatic rings. The van der Waals surface area contributed by atoms with E-state index < -0.39 is 17.8 Å². The van der Waals surface area contributed by atoms with E-state index in [1.807, 2.05) is 72.8 Å². The largest absolute Gasteiger partial charge is 0.442 e. The molecule has 0 saturated carbocycles. The Bertz CT molecular complexity index is 916.